The second kappa shape index (κ2) is 5.78. The largest absolute Gasteiger partial charge is 0.321 e. The van der Waals surface area contributed by atoms with Crippen LogP contribution in [0.3, 0.4) is 0 Å². The maximum absolute atomic E-state index is 11.9. The van der Waals surface area contributed by atoms with Crippen LogP contribution in [0.2, 0.25) is 5.02 Å². The number of anilines is 1. The third-order valence-corrected chi connectivity index (χ3v) is 3.91. The molecular weight excluding hydrogens is 323 g/mol. The summed E-state index contributed by atoms with van der Waals surface area (Å²) in [6.45, 7) is 0. The van der Waals surface area contributed by atoms with Crippen LogP contribution in [0.25, 0.3) is 0 Å². The van der Waals surface area contributed by atoms with Gasteiger partial charge in [0.1, 0.15) is 0 Å². The van der Waals surface area contributed by atoms with Crippen molar-refractivity contribution >= 4 is 42.9 Å². The summed E-state index contributed by atoms with van der Waals surface area (Å²) in [5, 5.41) is 2.59. The minimum atomic E-state index is -3.88. The van der Waals surface area contributed by atoms with Crippen molar-refractivity contribution in [2.45, 2.75) is 5.03 Å². The maximum Gasteiger partial charge on any atom is 0.278 e. The Bertz CT molecular complexity index is 746. The number of halogens is 2. The number of aromatic nitrogens is 1. The molecule has 1 N–H and O–H groups in total. The molecule has 0 aliphatic heterocycles. The van der Waals surface area contributed by atoms with Gasteiger partial charge >= 0.3 is 0 Å². The number of nitrogens with zero attached hydrogens (tertiary/aromatic N) is 1. The summed E-state index contributed by atoms with van der Waals surface area (Å²) in [7, 11) is 1.26. The van der Waals surface area contributed by atoms with Crippen molar-refractivity contribution in [1.29, 1.82) is 0 Å². The van der Waals surface area contributed by atoms with E-state index in [1.165, 1.54) is 18.3 Å². The van der Waals surface area contributed by atoms with Gasteiger partial charge in [0.05, 0.1) is 22.5 Å². The summed E-state index contributed by atoms with van der Waals surface area (Å²) in [5.74, 6) is -0.418. The van der Waals surface area contributed by atoms with Crippen LogP contribution in [0.4, 0.5) is 5.69 Å². The fraction of sp³-hybridized carbons (Fsp3) is 0. The average molecular weight is 331 g/mol. The van der Waals surface area contributed by atoms with Gasteiger partial charge < -0.3 is 5.32 Å². The normalized spacial score (nSPS) is 11.1. The monoisotopic (exact) mass is 330 g/mol. The lowest BCUT2D eigenvalue weighted by Gasteiger charge is -2.06. The van der Waals surface area contributed by atoms with Crippen molar-refractivity contribution in [3.05, 3.63) is 53.2 Å². The van der Waals surface area contributed by atoms with Gasteiger partial charge in [0, 0.05) is 10.7 Å². The lowest BCUT2D eigenvalue weighted by molar-refractivity contribution is 0.102. The first-order valence-corrected chi connectivity index (χ1v) is 8.03. The van der Waals surface area contributed by atoms with Gasteiger partial charge in [0.2, 0.25) is 0 Å². The highest BCUT2D eigenvalue weighted by Crippen LogP contribution is 2.18. The zero-order valence-corrected chi connectivity index (χ0v) is 12.2. The molecule has 2 rings (SSSR count). The van der Waals surface area contributed by atoms with E-state index in [2.05, 4.69) is 10.3 Å². The molecule has 0 spiro atoms. The molecule has 2 aromatic rings. The van der Waals surface area contributed by atoms with Crippen molar-refractivity contribution in [3.8, 4) is 0 Å². The molecule has 0 fully saturated rings. The third-order valence-electron chi connectivity index (χ3n) is 2.36. The number of carbonyl (C=O) groups is 1. The molecule has 0 bridgehead atoms. The molecular formula is C12H8Cl2N2O3S. The summed E-state index contributed by atoms with van der Waals surface area (Å²) >= 11 is 5.90. The molecule has 0 saturated carbocycles. The predicted molar refractivity (Wildman–Crippen MR) is 76.7 cm³/mol. The Morgan fingerprint density at radius 1 is 1.15 bits per heavy atom. The molecule has 104 valence electrons. The van der Waals surface area contributed by atoms with E-state index < -0.39 is 15.0 Å². The third kappa shape index (κ3) is 3.47. The Morgan fingerprint density at radius 2 is 1.85 bits per heavy atom. The number of nitrogens with one attached hydrogen (secondary N) is 1. The zero-order chi connectivity index (χ0) is 14.8. The number of hydrogen-bond donors (Lipinski definition) is 1. The van der Waals surface area contributed by atoms with E-state index in [9.17, 15) is 13.2 Å². The molecule has 8 heteroatoms. The molecule has 1 heterocycles. The van der Waals surface area contributed by atoms with Crippen molar-refractivity contribution in [1.82, 2.24) is 4.98 Å². The quantitative estimate of drug-likeness (QED) is 0.878. The molecule has 5 nitrogen and oxygen atoms in total. The molecule has 1 aromatic heterocycles. The molecule has 0 radical (unpaired) electrons. The van der Waals surface area contributed by atoms with Crippen LogP contribution in [0, 0.1) is 0 Å². The van der Waals surface area contributed by atoms with Crippen LogP contribution in [0.15, 0.2) is 47.6 Å². The van der Waals surface area contributed by atoms with Crippen LogP contribution in [-0.2, 0) is 9.05 Å². The van der Waals surface area contributed by atoms with Crippen LogP contribution in [0.1, 0.15) is 10.4 Å². The molecule has 0 saturated heterocycles. The van der Waals surface area contributed by atoms with Crippen LogP contribution in [0.5, 0.6) is 0 Å². The minimum Gasteiger partial charge on any atom is -0.321 e. The molecule has 1 aromatic carbocycles. The number of benzene rings is 1. The summed E-state index contributed by atoms with van der Waals surface area (Å²) in [4.78, 5) is 15.6. The average Bonchev–Trinajstić information content (AvgIpc) is 2.38. The zero-order valence-electron chi connectivity index (χ0n) is 9.88. The number of carbonyl (C=O) groups excluding carboxylic acids is 1. The molecule has 0 unspecified atom stereocenters. The first kappa shape index (κ1) is 14.8. The van der Waals surface area contributed by atoms with E-state index in [-0.39, 0.29) is 5.03 Å². The van der Waals surface area contributed by atoms with Crippen molar-refractivity contribution in [3.63, 3.8) is 0 Å². The van der Waals surface area contributed by atoms with E-state index in [1.807, 2.05) is 0 Å². The summed E-state index contributed by atoms with van der Waals surface area (Å²) in [6, 6.07) is 9.14. The number of pyridine rings is 1. The van der Waals surface area contributed by atoms with Gasteiger partial charge in [-0.05, 0) is 24.3 Å². The second-order valence-electron chi connectivity index (χ2n) is 3.76. The van der Waals surface area contributed by atoms with Crippen molar-refractivity contribution < 1.29 is 13.2 Å². The maximum atomic E-state index is 11.9. The first-order chi connectivity index (χ1) is 9.38. The summed E-state index contributed by atoms with van der Waals surface area (Å²) < 4.78 is 22.1. The Labute approximate surface area is 125 Å². The summed E-state index contributed by atoms with van der Waals surface area (Å²) in [6.07, 6.45) is 1.20. The fourth-order valence-corrected chi connectivity index (χ4v) is 2.35. The smallest absolute Gasteiger partial charge is 0.278 e. The van der Waals surface area contributed by atoms with Crippen LogP contribution in [-0.4, -0.2) is 19.3 Å². The van der Waals surface area contributed by atoms with E-state index in [0.717, 1.165) is 0 Å². The van der Waals surface area contributed by atoms with Gasteiger partial charge in [0.15, 0.2) is 5.03 Å². The minimum absolute atomic E-state index is 0.282. The Morgan fingerprint density at radius 3 is 2.40 bits per heavy atom. The highest BCUT2D eigenvalue weighted by molar-refractivity contribution is 8.13. The Kier molecular flexibility index (Phi) is 4.27. The lowest BCUT2D eigenvalue weighted by atomic mass is 10.2. The first-order valence-electron chi connectivity index (χ1n) is 5.34. The molecule has 0 atom stereocenters. The number of rotatable bonds is 3. The second-order valence-corrected chi connectivity index (χ2v) is 6.68. The Balaban J connectivity index is 2.19. The molecule has 0 aliphatic carbocycles. The highest BCUT2D eigenvalue weighted by Gasteiger charge is 2.13. The van der Waals surface area contributed by atoms with Crippen LogP contribution < -0.4 is 5.32 Å². The lowest BCUT2D eigenvalue weighted by Crippen LogP contribution is -2.12. The number of amides is 1. The topological polar surface area (TPSA) is 76.1 Å². The summed E-state index contributed by atoms with van der Waals surface area (Å²) in [5.41, 5.74) is 0.641. The Hall–Kier alpha value is -1.63. The van der Waals surface area contributed by atoms with E-state index in [1.54, 1.807) is 24.3 Å². The van der Waals surface area contributed by atoms with E-state index >= 15 is 0 Å². The van der Waals surface area contributed by atoms with Gasteiger partial charge in [-0.25, -0.2) is 13.4 Å². The standard InChI is InChI=1S/C12H8Cl2N2O3S/c13-10-4-2-1-3-9(10)12(17)16-8-5-6-11(15-7-8)20(14,18)19/h1-7H,(H,16,17). The van der Waals surface area contributed by atoms with Gasteiger partial charge in [-0.1, -0.05) is 23.7 Å². The van der Waals surface area contributed by atoms with Gasteiger partial charge in [0.25, 0.3) is 15.0 Å². The predicted octanol–water partition coefficient (Wildman–Crippen LogP) is 2.91. The van der Waals surface area contributed by atoms with Crippen molar-refractivity contribution in [2.75, 3.05) is 5.32 Å². The molecule has 0 aliphatic rings. The SMILES string of the molecule is O=C(Nc1ccc(S(=O)(=O)Cl)nc1)c1ccccc1Cl. The van der Waals surface area contributed by atoms with Gasteiger partial charge in [-0.3, -0.25) is 4.79 Å². The van der Waals surface area contributed by atoms with Crippen molar-refractivity contribution in [2.24, 2.45) is 0 Å². The van der Waals surface area contributed by atoms with E-state index in [0.29, 0.717) is 16.3 Å². The van der Waals surface area contributed by atoms with Crippen LogP contribution >= 0.6 is 22.3 Å². The number of hydrogen-bond acceptors (Lipinski definition) is 4. The van der Waals surface area contributed by atoms with Gasteiger partial charge in [-0.2, -0.15) is 0 Å². The highest BCUT2D eigenvalue weighted by atomic mass is 35.7. The molecule has 1 amide bonds. The van der Waals surface area contributed by atoms with E-state index in [4.69, 9.17) is 22.3 Å². The fourth-order valence-electron chi connectivity index (χ4n) is 1.44. The molecule has 20 heavy (non-hydrogen) atoms. The van der Waals surface area contributed by atoms with Gasteiger partial charge in [-0.15, -0.1) is 0 Å².